The van der Waals surface area contributed by atoms with Crippen LogP contribution in [-0.2, 0) is 14.1 Å². The van der Waals surface area contributed by atoms with Gasteiger partial charge in [-0.1, -0.05) is 0 Å². The van der Waals surface area contributed by atoms with Gasteiger partial charge >= 0.3 is 207 Å². The molecular weight excluding hydrogens is 459 g/mol. The van der Waals surface area contributed by atoms with Gasteiger partial charge in [0, 0.05) is 0 Å². The van der Waals surface area contributed by atoms with Crippen molar-refractivity contribution in [3.05, 3.63) is 91.0 Å². The zero-order valence-corrected chi connectivity index (χ0v) is 22.3. The van der Waals surface area contributed by atoms with Crippen molar-refractivity contribution in [2.45, 2.75) is 58.3 Å². The van der Waals surface area contributed by atoms with Gasteiger partial charge < -0.3 is 0 Å². The minimum atomic E-state index is -3.80. The van der Waals surface area contributed by atoms with Gasteiger partial charge in [0.05, 0.1) is 0 Å². The summed E-state index contributed by atoms with van der Waals surface area (Å²) in [5, 5.41) is 2.87. The zero-order chi connectivity index (χ0) is 24.4. The topological polar surface area (TPSA) is 43.4 Å². The third-order valence-corrected chi connectivity index (χ3v) is 14.4. The molecule has 0 radical (unpaired) electrons. The Bertz CT molecular complexity index is 1000. The first-order valence-electron chi connectivity index (χ1n) is 12.5. The van der Waals surface area contributed by atoms with E-state index in [1.807, 2.05) is 91.0 Å². The number of rotatable bonds is 14. The standard InChI is InChI=1S/C29H39O3PS/c1-3-4-5-6-7-8-9-19-26-33(32-34(2,30)31,27-20-13-10-14-21-27,28-22-15-11-16-23-28)29-24-17-12-18-25-29/h10-18,20-25H,3-9,19,26H2,1-2H3. The van der Waals surface area contributed by atoms with Gasteiger partial charge in [0.25, 0.3) is 0 Å². The summed E-state index contributed by atoms with van der Waals surface area (Å²) in [6, 6.07) is 30.1. The van der Waals surface area contributed by atoms with Crippen LogP contribution < -0.4 is 15.9 Å². The summed E-state index contributed by atoms with van der Waals surface area (Å²) in [6.45, 7) is -1.56. The van der Waals surface area contributed by atoms with Crippen LogP contribution in [0.3, 0.4) is 0 Å². The Morgan fingerprint density at radius 3 is 1.29 bits per heavy atom. The summed E-state index contributed by atoms with van der Waals surface area (Å²) >= 11 is 0. The molecule has 3 nitrogen and oxygen atoms in total. The summed E-state index contributed by atoms with van der Waals surface area (Å²) in [5.74, 6) is 0. The summed E-state index contributed by atoms with van der Waals surface area (Å²) < 4.78 is 32.6. The molecule has 0 bridgehead atoms. The third-order valence-electron chi connectivity index (χ3n) is 6.65. The second-order valence-corrected chi connectivity index (χ2v) is 15.6. The van der Waals surface area contributed by atoms with Crippen LogP contribution in [0, 0.1) is 0 Å². The van der Waals surface area contributed by atoms with E-state index in [0.29, 0.717) is 6.16 Å². The molecular formula is C29H39O3PS. The first-order valence-corrected chi connectivity index (χ1v) is 16.7. The van der Waals surface area contributed by atoms with E-state index in [1.54, 1.807) is 0 Å². The van der Waals surface area contributed by atoms with E-state index in [0.717, 1.165) is 35.2 Å². The molecule has 0 saturated heterocycles. The monoisotopic (exact) mass is 498 g/mol. The Balaban J connectivity index is 2.13. The van der Waals surface area contributed by atoms with E-state index >= 15 is 0 Å². The SMILES string of the molecule is CCCCCCCCCCP(OS(C)(=O)=O)(c1ccccc1)(c1ccccc1)c1ccccc1. The van der Waals surface area contributed by atoms with Crippen LogP contribution >= 0.6 is 6.83 Å². The maximum atomic E-state index is 13.0. The molecule has 0 spiro atoms. The van der Waals surface area contributed by atoms with Crippen LogP contribution in [-0.4, -0.2) is 20.8 Å². The second-order valence-electron chi connectivity index (χ2n) is 9.20. The molecule has 0 heterocycles. The molecule has 0 saturated carbocycles. The summed E-state index contributed by atoms with van der Waals surface area (Å²) in [7, 11) is -3.78. The molecule has 0 unspecified atom stereocenters. The van der Waals surface area contributed by atoms with Crippen LogP contribution in [0.25, 0.3) is 0 Å². The molecule has 5 heteroatoms. The van der Waals surface area contributed by atoms with E-state index in [2.05, 4.69) is 6.92 Å². The molecule has 0 fully saturated rings. The van der Waals surface area contributed by atoms with Crippen LogP contribution in [0.2, 0.25) is 0 Å². The average Bonchev–Trinajstić information content (AvgIpc) is 2.86. The molecule has 3 aromatic rings. The Hall–Kier alpha value is -2.00. The predicted molar refractivity (Wildman–Crippen MR) is 149 cm³/mol. The number of hydrogen-bond donors (Lipinski definition) is 0. The van der Waals surface area contributed by atoms with Crippen molar-refractivity contribution in [2.75, 3.05) is 12.4 Å². The van der Waals surface area contributed by atoms with Crippen LogP contribution in [0.5, 0.6) is 0 Å². The molecule has 0 N–H and O–H groups in total. The van der Waals surface area contributed by atoms with Crippen molar-refractivity contribution in [1.82, 2.24) is 0 Å². The van der Waals surface area contributed by atoms with Crippen LogP contribution in [0.4, 0.5) is 0 Å². The van der Waals surface area contributed by atoms with E-state index in [4.69, 9.17) is 3.97 Å². The van der Waals surface area contributed by atoms with Gasteiger partial charge in [-0.25, -0.2) is 0 Å². The first kappa shape index (κ1) is 26.6. The van der Waals surface area contributed by atoms with Crippen molar-refractivity contribution < 1.29 is 12.4 Å². The molecule has 0 aliphatic carbocycles. The fourth-order valence-electron chi connectivity index (χ4n) is 5.08. The minimum absolute atomic E-state index is 0.658. The quantitative estimate of drug-likeness (QED) is 0.187. The average molecular weight is 499 g/mol. The number of unbranched alkanes of at least 4 members (excludes halogenated alkanes) is 7. The van der Waals surface area contributed by atoms with Gasteiger partial charge in [0.1, 0.15) is 0 Å². The van der Waals surface area contributed by atoms with Gasteiger partial charge in [0.2, 0.25) is 0 Å². The van der Waals surface area contributed by atoms with Gasteiger partial charge in [-0.3, -0.25) is 0 Å². The summed E-state index contributed by atoms with van der Waals surface area (Å²) in [6.07, 6.45) is 11.3. The molecule has 0 amide bonds. The fourth-order valence-corrected chi connectivity index (χ4v) is 13.7. The molecule has 0 aromatic heterocycles. The molecule has 0 aliphatic heterocycles. The van der Waals surface area contributed by atoms with Gasteiger partial charge in [0.15, 0.2) is 0 Å². The van der Waals surface area contributed by atoms with Crippen LogP contribution in [0.1, 0.15) is 58.3 Å². The Morgan fingerprint density at radius 2 is 0.941 bits per heavy atom. The van der Waals surface area contributed by atoms with Crippen molar-refractivity contribution in [1.29, 1.82) is 0 Å². The van der Waals surface area contributed by atoms with Crippen molar-refractivity contribution in [2.24, 2.45) is 0 Å². The van der Waals surface area contributed by atoms with E-state index in [1.165, 1.54) is 38.4 Å². The van der Waals surface area contributed by atoms with Gasteiger partial charge in [-0.2, -0.15) is 0 Å². The summed E-state index contributed by atoms with van der Waals surface area (Å²) in [4.78, 5) is 0. The Morgan fingerprint density at radius 1 is 0.588 bits per heavy atom. The van der Waals surface area contributed by atoms with E-state index in [-0.39, 0.29) is 0 Å². The van der Waals surface area contributed by atoms with Crippen molar-refractivity contribution in [3.8, 4) is 0 Å². The zero-order valence-electron chi connectivity index (χ0n) is 20.6. The summed E-state index contributed by atoms with van der Waals surface area (Å²) in [5.41, 5.74) is 0. The Labute approximate surface area is 206 Å². The van der Waals surface area contributed by atoms with E-state index < -0.39 is 16.9 Å². The molecule has 0 atom stereocenters. The Kier molecular flexibility index (Phi) is 9.47. The predicted octanol–water partition coefficient (Wildman–Crippen LogP) is 6.55. The molecule has 0 aliphatic rings. The molecule has 184 valence electrons. The first-order chi connectivity index (χ1) is 16.4. The maximum absolute atomic E-state index is 13.0. The molecule has 34 heavy (non-hydrogen) atoms. The van der Waals surface area contributed by atoms with E-state index in [9.17, 15) is 8.42 Å². The normalized spacial score (nSPS) is 13.3. The fraction of sp³-hybridized carbons (Fsp3) is 0.379. The van der Waals surface area contributed by atoms with Gasteiger partial charge in [-0.05, 0) is 0 Å². The van der Waals surface area contributed by atoms with Crippen molar-refractivity contribution in [3.63, 3.8) is 0 Å². The van der Waals surface area contributed by atoms with Crippen molar-refractivity contribution >= 4 is 32.9 Å². The number of benzene rings is 3. The second kappa shape index (κ2) is 12.1. The molecule has 3 aromatic carbocycles. The number of hydrogen-bond acceptors (Lipinski definition) is 3. The van der Waals surface area contributed by atoms with Crippen LogP contribution in [0.15, 0.2) is 91.0 Å². The van der Waals surface area contributed by atoms with Gasteiger partial charge in [-0.15, -0.1) is 0 Å². The molecule has 3 rings (SSSR count). The third kappa shape index (κ3) is 5.97.